The van der Waals surface area contributed by atoms with E-state index in [9.17, 15) is 0 Å². The van der Waals surface area contributed by atoms with Gasteiger partial charge in [-0.05, 0) is 36.2 Å². The van der Waals surface area contributed by atoms with E-state index in [2.05, 4.69) is 44.0 Å². The van der Waals surface area contributed by atoms with Crippen molar-refractivity contribution in [3.63, 3.8) is 0 Å². The third-order valence-corrected chi connectivity index (χ3v) is 5.07. The third kappa shape index (κ3) is 3.63. The second kappa shape index (κ2) is 7.70. The van der Waals surface area contributed by atoms with E-state index in [0.29, 0.717) is 0 Å². The second-order valence-electron chi connectivity index (χ2n) is 6.64. The number of methoxy groups -OCH3 is 1. The predicted molar refractivity (Wildman–Crippen MR) is 105 cm³/mol. The lowest BCUT2D eigenvalue weighted by Crippen LogP contribution is -2.47. The molecule has 0 atom stereocenters. The van der Waals surface area contributed by atoms with Crippen LogP contribution in [0.15, 0.2) is 54.9 Å². The van der Waals surface area contributed by atoms with Crippen LogP contribution < -0.4 is 9.64 Å². The minimum Gasteiger partial charge on any atom is -0.497 e. The van der Waals surface area contributed by atoms with Crippen molar-refractivity contribution >= 4 is 16.7 Å². The topological polar surface area (TPSA) is 41.5 Å². The van der Waals surface area contributed by atoms with Gasteiger partial charge in [-0.2, -0.15) is 0 Å². The van der Waals surface area contributed by atoms with Gasteiger partial charge in [-0.15, -0.1) is 0 Å². The Hall–Kier alpha value is -2.66. The van der Waals surface area contributed by atoms with E-state index in [4.69, 9.17) is 4.74 Å². The molecule has 3 aromatic rings. The van der Waals surface area contributed by atoms with Gasteiger partial charge in [0.1, 0.15) is 17.9 Å². The maximum atomic E-state index is 5.22. The standard InChI is InChI=1S/C21H24N4O/c1-26-18-8-6-17(7-9-18)10-11-24-12-14-25(15-13-24)21-19-4-2-3-5-20(19)22-16-23-21/h2-9,16H,10-15H2,1H3. The molecule has 1 fully saturated rings. The first-order valence-electron chi connectivity index (χ1n) is 9.13. The molecule has 0 radical (unpaired) electrons. The Morgan fingerprint density at radius 1 is 0.923 bits per heavy atom. The minimum atomic E-state index is 0.916. The van der Waals surface area contributed by atoms with E-state index in [1.807, 2.05) is 24.3 Å². The Morgan fingerprint density at radius 2 is 1.69 bits per heavy atom. The molecule has 5 nitrogen and oxygen atoms in total. The van der Waals surface area contributed by atoms with Gasteiger partial charge in [-0.25, -0.2) is 9.97 Å². The molecule has 2 heterocycles. The van der Waals surface area contributed by atoms with Crippen molar-refractivity contribution in [2.45, 2.75) is 6.42 Å². The lowest BCUT2D eigenvalue weighted by atomic mass is 10.1. The van der Waals surface area contributed by atoms with Crippen LogP contribution in [-0.4, -0.2) is 54.7 Å². The van der Waals surface area contributed by atoms with E-state index in [1.54, 1.807) is 13.4 Å². The van der Waals surface area contributed by atoms with Crippen LogP contribution in [0.4, 0.5) is 5.82 Å². The SMILES string of the molecule is COc1ccc(CCN2CCN(c3ncnc4ccccc34)CC2)cc1. The number of rotatable bonds is 5. The molecule has 1 saturated heterocycles. The number of anilines is 1. The van der Waals surface area contributed by atoms with Crippen LogP contribution in [0.25, 0.3) is 10.9 Å². The smallest absolute Gasteiger partial charge is 0.139 e. The average molecular weight is 348 g/mol. The van der Waals surface area contributed by atoms with Gasteiger partial charge < -0.3 is 9.64 Å². The van der Waals surface area contributed by atoms with Crippen LogP contribution in [0.3, 0.4) is 0 Å². The number of ether oxygens (including phenoxy) is 1. The molecule has 1 aliphatic heterocycles. The highest BCUT2D eigenvalue weighted by molar-refractivity contribution is 5.89. The molecule has 4 rings (SSSR count). The quantitative estimate of drug-likeness (QED) is 0.709. The highest BCUT2D eigenvalue weighted by Crippen LogP contribution is 2.23. The molecular weight excluding hydrogens is 324 g/mol. The summed E-state index contributed by atoms with van der Waals surface area (Å²) in [4.78, 5) is 13.8. The van der Waals surface area contributed by atoms with Crippen LogP contribution in [0, 0.1) is 0 Å². The minimum absolute atomic E-state index is 0.916. The second-order valence-corrected chi connectivity index (χ2v) is 6.64. The number of piperazine rings is 1. The van der Waals surface area contributed by atoms with E-state index in [-0.39, 0.29) is 0 Å². The summed E-state index contributed by atoms with van der Waals surface area (Å²) in [7, 11) is 1.70. The first-order valence-corrected chi connectivity index (χ1v) is 9.13. The van der Waals surface area contributed by atoms with Gasteiger partial charge in [0.2, 0.25) is 0 Å². The maximum Gasteiger partial charge on any atom is 0.139 e. The van der Waals surface area contributed by atoms with E-state index in [0.717, 1.165) is 61.6 Å². The van der Waals surface area contributed by atoms with Crippen molar-refractivity contribution in [2.75, 3.05) is 44.7 Å². The Kier molecular flexibility index (Phi) is 4.97. The lowest BCUT2D eigenvalue weighted by molar-refractivity contribution is 0.260. The highest BCUT2D eigenvalue weighted by Gasteiger charge is 2.19. The van der Waals surface area contributed by atoms with Crippen LogP contribution >= 0.6 is 0 Å². The number of benzene rings is 2. The van der Waals surface area contributed by atoms with Crippen LogP contribution in [0.2, 0.25) is 0 Å². The van der Waals surface area contributed by atoms with Gasteiger partial charge in [0.15, 0.2) is 0 Å². The summed E-state index contributed by atoms with van der Waals surface area (Å²) in [6, 6.07) is 16.6. The van der Waals surface area contributed by atoms with Gasteiger partial charge in [0.05, 0.1) is 12.6 Å². The molecule has 26 heavy (non-hydrogen) atoms. The molecule has 0 bridgehead atoms. The van der Waals surface area contributed by atoms with Crippen molar-refractivity contribution in [1.29, 1.82) is 0 Å². The molecule has 0 aliphatic carbocycles. The van der Waals surface area contributed by atoms with Gasteiger partial charge in [-0.3, -0.25) is 4.90 Å². The van der Waals surface area contributed by atoms with E-state index < -0.39 is 0 Å². The largest absolute Gasteiger partial charge is 0.497 e. The highest BCUT2D eigenvalue weighted by atomic mass is 16.5. The van der Waals surface area contributed by atoms with E-state index >= 15 is 0 Å². The molecular formula is C21H24N4O. The van der Waals surface area contributed by atoms with Crippen molar-refractivity contribution in [3.8, 4) is 5.75 Å². The number of fused-ring (bicyclic) bond motifs is 1. The average Bonchev–Trinajstić information content (AvgIpc) is 2.72. The van der Waals surface area contributed by atoms with Gasteiger partial charge in [-0.1, -0.05) is 24.3 Å². The van der Waals surface area contributed by atoms with Crippen molar-refractivity contribution in [2.24, 2.45) is 0 Å². The fraction of sp³-hybridized carbons (Fsp3) is 0.333. The summed E-state index contributed by atoms with van der Waals surface area (Å²) in [5.74, 6) is 1.98. The summed E-state index contributed by atoms with van der Waals surface area (Å²) in [6.45, 7) is 5.22. The first kappa shape index (κ1) is 16.8. The first-order chi connectivity index (χ1) is 12.8. The Balaban J connectivity index is 1.35. The zero-order chi connectivity index (χ0) is 17.8. The molecule has 5 heteroatoms. The zero-order valence-corrected chi connectivity index (χ0v) is 15.1. The Labute approximate surface area is 154 Å². The Bertz CT molecular complexity index is 852. The fourth-order valence-electron chi connectivity index (χ4n) is 3.51. The number of aromatic nitrogens is 2. The van der Waals surface area contributed by atoms with E-state index in [1.165, 1.54) is 5.56 Å². The maximum absolute atomic E-state index is 5.22. The summed E-state index contributed by atoms with van der Waals surface area (Å²) in [6.07, 6.45) is 2.74. The fourth-order valence-corrected chi connectivity index (χ4v) is 3.51. The summed E-state index contributed by atoms with van der Waals surface area (Å²) in [5, 5.41) is 1.14. The molecule has 2 aromatic carbocycles. The van der Waals surface area contributed by atoms with Crippen molar-refractivity contribution < 1.29 is 4.74 Å². The summed E-state index contributed by atoms with van der Waals surface area (Å²) >= 11 is 0. The number of para-hydroxylation sites is 1. The van der Waals surface area contributed by atoms with Crippen molar-refractivity contribution in [1.82, 2.24) is 14.9 Å². The molecule has 0 amide bonds. The van der Waals surface area contributed by atoms with Gasteiger partial charge >= 0.3 is 0 Å². The van der Waals surface area contributed by atoms with Gasteiger partial charge in [0, 0.05) is 38.1 Å². The normalized spacial score (nSPS) is 15.3. The summed E-state index contributed by atoms with van der Waals surface area (Å²) in [5.41, 5.74) is 2.37. The molecule has 0 N–H and O–H groups in total. The zero-order valence-electron chi connectivity index (χ0n) is 15.1. The van der Waals surface area contributed by atoms with Crippen LogP contribution in [0.1, 0.15) is 5.56 Å². The lowest BCUT2D eigenvalue weighted by Gasteiger charge is -2.35. The molecule has 1 aromatic heterocycles. The monoisotopic (exact) mass is 348 g/mol. The van der Waals surface area contributed by atoms with Crippen molar-refractivity contribution in [3.05, 3.63) is 60.4 Å². The molecule has 0 unspecified atom stereocenters. The van der Waals surface area contributed by atoms with Crippen LogP contribution in [-0.2, 0) is 6.42 Å². The molecule has 0 spiro atoms. The third-order valence-electron chi connectivity index (χ3n) is 5.07. The number of hydrogen-bond acceptors (Lipinski definition) is 5. The number of nitrogens with zero attached hydrogens (tertiary/aromatic N) is 4. The van der Waals surface area contributed by atoms with Gasteiger partial charge in [0.25, 0.3) is 0 Å². The Morgan fingerprint density at radius 3 is 2.46 bits per heavy atom. The summed E-state index contributed by atoms with van der Waals surface area (Å²) < 4.78 is 5.22. The predicted octanol–water partition coefficient (Wildman–Crippen LogP) is 3.00. The molecule has 1 aliphatic rings. The molecule has 0 saturated carbocycles. The number of hydrogen-bond donors (Lipinski definition) is 0. The van der Waals surface area contributed by atoms with Crippen LogP contribution in [0.5, 0.6) is 5.75 Å². The molecule has 134 valence electrons.